The van der Waals surface area contributed by atoms with Gasteiger partial charge in [0, 0.05) is 0 Å². The van der Waals surface area contributed by atoms with E-state index in [1.165, 1.54) is 6.92 Å². The number of H-pyrrole nitrogens is 1. The van der Waals surface area contributed by atoms with Crippen molar-refractivity contribution in [2.45, 2.75) is 44.2 Å². The molecule has 0 radical (unpaired) electrons. The summed E-state index contributed by atoms with van der Waals surface area (Å²) in [6.45, 7) is 4.75. The Kier molecular flexibility index (Phi) is 4.12. The van der Waals surface area contributed by atoms with Crippen LogP contribution in [0.2, 0.25) is 0 Å². The number of aromatic amines is 1. The van der Waals surface area contributed by atoms with Crippen molar-refractivity contribution in [3.05, 3.63) is 12.0 Å². The zero-order valence-corrected chi connectivity index (χ0v) is 11.3. The molecule has 1 atom stereocenters. The Labute approximate surface area is 106 Å². The number of aromatic nitrogens is 2. The fraction of sp³-hybridized carbons (Fsp3) is 0.600. The van der Waals surface area contributed by atoms with Gasteiger partial charge < -0.3 is 10.1 Å². The summed E-state index contributed by atoms with van der Waals surface area (Å²) in [6.07, 6.45) is 1.91. The highest BCUT2D eigenvalue weighted by molar-refractivity contribution is 7.89. The predicted molar refractivity (Wildman–Crippen MR) is 64.6 cm³/mol. The molecule has 0 bridgehead atoms. The highest BCUT2D eigenvalue weighted by Gasteiger charge is 2.37. The van der Waals surface area contributed by atoms with Crippen LogP contribution in [0.4, 0.5) is 0 Å². The smallest absolute Gasteiger partial charge is 0.324 e. The summed E-state index contributed by atoms with van der Waals surface area (Å²) in [4.78, 5) is 17.5. The van der Waals surface area contributed by atoms with Crippen molar-refractivity contribution in [1.29, 1.82) is 0 Å². The van der Waals surface area contributed by atoms with Crippen LogP contribution in [-0.4, -0.2) is 35.0 Å². The van der Waals surface area contributed by atoms with E-state index in [9.17, 15) is 13.2 Å². The molecule has 0 spiro atoms. The maximum absolute atomic E-state index is 12.0. The van der Waals surface area contributed by atoms with Gasteiger partial charge in [-0.3, -0.25) is 4.79 Å². The summed E-state index contributed by atoms with van der Waals surface area (Å²) in [5.41, 5.74) is -1.52. The SMILES string of the molecule is CCCC(C)(NS(=O)(=O)c1cnc(C)[nH]1)C(=O)O. The zero-order chi connectivity index (χ0) is 14.0. The van der Waals surface area contributed by atoms with Crippen LogP contribution >= 0.6 is 0 Å². The van der Waals surface area contributed by atoms with Crippen LogP contribution in [0.3, 0.4) is 0 Å². The van der Waals surface area contributed by atoms with E-state index in [1.54, 1.807) is 13.8 Å². The van der Waals surface area contributed by atoms with Gasteiger partial charge >= 0.3 is 5.97 Å². The number of aliphatic carboxylic acids is 1. The number of hydrogen-bond acceptors (Lipinski definition) is 4. The summed E-state index contributed by atoms with van der Waals surface area (Å²) in [5, 5.41) is 8.99. The van der Waals surface area contributed by atoms with Crippen LogP contribution in [0.1, 0.15) is 32.5 Å². The molecule has 0 aromatic carbocycles. The first-order valence-corrected chi connectivity index (χ1v) is 6.98. The van der Waals surface area contributed by atoms with Gasteiger partial charge in [0.25, 0.3) is 10.0 Å². The van der Waals surface area contributed by atoms with Crippen LogP contribution in [0.5, 0.6) is 0 Å². The third-order valence-corrected chi connectivity index (χ3v) is 4.06. The van der Waals surface area contributed by atoms with Crippen LogP contribution in [0, 0.1) is 6.92 Å². The second-order valence-electron chi connectivity index (χ2n) is 4.33. The minimum Gasteiger partial charge on any atom is -0.480 e. The number of aryl methyl sites for hydroxylation is 1. The molecule has 0 fully saturated rings. The average molecular weight is 275 g/mol. The number of carboxylic acid groups (broad SMARTS) is 1. The van der Waals surface area contributed by atoms with Crippen molar-refractivity contribution in [1.82, 2.24) is 14.7 Å². The van der Waals surface area contributed by atoms with Gasteiger partial charge in [-0.1, -0.05) is 13.3 Å². The molecule has 0 aliphatic carbocycles. The topological polar surface area (TPSA) is 112 Å². The van der Waals surface area contributed by atoms with Gasteiger partial charge in [-0.15, -0.1) is 0 Å². The lowest BCUT2D eigenvalue weighted by atomic mass is 9.98. The monoisotopic (exact) mass is 275 g/mol. The molecular formula is C10H17N3O4S. The Morgan fingerprint density at radius 1 is 1.61 bits per heavy atom. The molecule has 0 saturated heterocycles. The fourth-order valence-electron chi connectivity index (χ4n) is 1.59. The summed E-state index contributed by atoms with van der Waals surface area (Å²) >= 11 is 0. The van der Waals surface area contributed by atoms with E-state index in [4.69, 9.17) is 5.11 Å². The van der Waals surface area contributed by atoms with Gasteiger partial charge in [0.1, 0.15) is 11.4 Å². The predicted octanol–water partition coefficient (Wildman–Crippen LogP) is 0.640. The number of nitrogens with one attached hydrogen (secondary N) is 2. The third-order valence-electron chi connectivity index (χ3n) is 2.55. The van der Waals surface area contributed by atoms with E-state index in [2.05, 4.69) is 14.7 Å². The average Bonchev–Trinajstić information content (AvgIpc) is 2.64. The van der Waals surface area contributed by atoms with Crippen molar-refractivity contribution < 1.29 is 18.3 Å². The minimum absolute atomic E-state index is 0.136. The molecule has 1 aromatic rings. The summed E-state index contributed by atoms with van der Waals surface area (Å²) in [7, 11) is -3.91. The summed E-state index contributed by atoms with van der Waals surface area (Å²) in [5.74, 6) is -0.757. The number of carbonyl (C=O) groups is 1. The number of carboxylic acids is 1. The second-order valence-corrected chi connectivity index (χ2v) is 5.98. The first kappa shape index (κ1) is 14.7. The minimum atomic E-state index is -3.91. The number of rotatable bonds is 6. The molecule has 1 unspecified atom stereocenters. The quantitative estimate of drug-likeness (QED) is 0.705. The summed E-state index contributed by atoms with van der Waals surface area (Å²) < 4.78 is 26.2. The maximum Gasteiger partial charge on any atom is 0.324 e. The Morgan fingerprint density at radius 3 is 2.61 bits per heavy atom. The first-order valence-electron chi connectivity index (χ1n) is 5.50. The second kappa shape index (κ2) is 5.07. The number of imidazole rings is 1. The Bertz CT molecular complexity index is 537. The molecule has 7 nitrogen and oxygen atoms in total. The van der Waals surface area contributed by atoms with Gasteiger partial charge in [0.15, 0.2) is 5.03 Å². The van der Waals surface area contributed by atoms with Gasteiger partial charge in [0.05, 0.1) is 6.20 Å². The van der Waals surface area contributed by atoms with E-state index in [-0.39, 0.29) is 11.4 Å². The molecule has 102 valence electrons. The van der Waals surface area contributed by atoms with Gasteiger partial charge in [-0.25, -0.2) is 13.4 Å². The normalized spacial score (nSPS) is 15.3. The van der Waals surface area contributed by atoms with Crippen LogP contribution in [0.25, 0.3) is 0 Å². The van der Waals surface area contributed by atoms with Gasteiger partial charge in [-0.2, -0.15) is 4.72 Å². The molecule has 18 heavy (non-hydrogen) atoms. The molecule has 0 amide bonds. The van der Waals surface area contributed by atoms with E-state index in [0.29, 0.717) is 12.2 Å². The summed E-state index contributed by atoms with van der Waals surface area (Å²) in [6, 6.07) is 0. The largest absolute Gasteiger partial charge is 0.480 e. The molecule has 3 N–H and O–H groups in total. The zero-order valence-electron chi connectivity index (χ0n) is 10.5. The lowest BCUT2D eigenvalue weighted by Gasteiger charge is -2.24. The lowest BCUT2D eigenvalue weighted by Crippen LogP contribution is -2.52. The fourth-order valence-corrected chi connectivity index (χ4v) is 2.95. The van der Waals surface area contributed by atoms with Crippen LogP contribution in [-0.2, 0) is 14.8 Å². The highest BCUT2D eigenvalue weighted by Crippen LogP contribution is 2.17. The van der Waals surface area contributed by atoms with Crippen LogP contribution < -0.4 is 4.72 Å². The van der Waals surface area contributed by atoms with E-state index in [0.717, 1.165) is 6.20 Å². The highest BCUT2D eigenvalue weighted by atomic mass is 32.2. The lowest BCUT2D eigenvalue weighted by molar-refractivity contribution is -0.143. The molecule has 0 saturated carbocycles. The van der Waals surface area contributed by atoms with Crippen molar-refractivity contribution in [2.24, 2.45) is 0 Å². The molecule has 0 aliphatic rings. The number of hydrogen-bond donors (Lipinski definition) is 3. The Hall–Kier alpha value is -1.41. The van der Waals surface area contributed by atoms with Crippen molar-refractivity contribution in [3.63, 3.8) is 0 Å². The molecule has 8 heteroatoms. The molecule has 1 aromatic heterocycles. The Balaban J connectivity index is 3.04. The number of sulfonamides is 1. The van der Waals surface area contributed by atoms with Crippen molar-refractivity contribution in [2.75, 3.05) is 0 Å². The molecule has 1 heterocycles. The van der Waals surface area contributed by atoms with Gasteiger partial charge in [-0.05, 0) is 20.3 Å². The van der Waals surface area contributed by atoms with E-state index in [1.807, 2.05) is 0 Å². The molecule has 0 aliphatic heterocycles. The number of nitrogens with zero attached hydrogens (tertiary/aromatic N) is 1. The van der Waals surface area contributed by atoms with E-state index < -0.39 is 21.5 Å². The standard InChI is InChI=1S/C10H17N3O4S/c1-4-5-10(3,9(14)15)13-18(16,17)8-6-11-7(2)12-8/h6,13H,4-5H2,1-3H3,(H,11,12)(H,14,15). The van der Waals surface area contributed by atoms with E-state index >= 15 is 0 Å². The molecule has 1 rings (SSSR count). The maximum atomic E-state index is 12.0. The molecular weight excluding hydrogens is 258 g/mol. The third kappa shape index (κ3) is 3.08. The van der Waals surface area contributed by atoms with Gasteiger partial charge in [0.2, 0.25) is 0 Å². The Morgan fingerprint density at radius 2 is 2.22 bits per heavy atom. The van der Waals surface area contributed by atoms with Crippen molar-refractivity contribution in [3.8, 4) is 0 Å². The first-order chi connectivity index (χ1) is 8.21. The van der Waals surface area contributed by atoms with Crippen molar-refractivity contribution >= 4 is 16.0 Å². The van der Waals surface area contributed by atoms with Crippen LogP contribution in [0.15, 0.2) is 11.2 Å².